The summed E-state index contributed by atoms with van der Waals surface area (Å²) in [5.41, 5.74) is 1.63. The lowest BCUT2D eigenvalue weighted by Crippen LogP contribution is -2.12. The first kappa shape index (κ1) is 16.6. The zero-order valence-corrected chi connectivity index (χ0v) is 14.7. The van der Waals surface area contributed by atoms with Crippen molar-refractivity contribution in [3.63, 3.8) is 0 Å². The van der Waals surface area contributed by atoms with Gasteiger partial charge in [-0.3, -0.25) is 4.79 Å². The van der Waals surface area contributed by atoms with Crippen molar-refractivity contribution in [1.29, 1.82) is 0 Å². The Hall–Kier alpha value is -0.740. The number of anilines is 1. The number of benzene rings is 2. The molecule has 110 valence electrons. The maximum Gasteiger partial charge on any atom is 0.224 e. The van der Waals surface area contributed by atoms with E-state index >= 15 is 0 Å². The molecule has 0 fully saturated rings. The molecule has 0 aliphatic heterocycles. The van der Waals surface area contributed by atoms with E-state index in [2.05, 4.69) is 21.2 Å². The van der Waals surface area contributed by atoms with Crippen LogP contribution in [0, 0.1) is 0 Å². The lowest BCUT2D eigenvalue weighted by atomic mass is 10.1. The summed E-state index contributed by atoms with van der Waals surface area (Å²) in [6.45, 7) is 0. The van der Waals surface area contributed by atoms with Crippen molar-refractivity contribution < 1.29 is 4.79 Å². The van der Waals surface area contributed by atoms with Gasteiger partial charge in [-0.15, -0.1) is 0 Å². The van der Waals surface area contributed by atoms with Crippen LogP contribution in [0.15, 0.2) is 40.9 Å². The maximum atomic E-state index is 11.9. The van der Waals surface area contributed by atoms with Crippen molar-refractivity contribution >= 4 is 62.3 Å². The molecule has 0 spiro atoms. The highest BCUT2D eigenvalue weighted by atomic mass is 79.9. The van der Waals surface area contributed by atoms with Crippen molar-refractivity contribution in [3.8, 4) is 0 Å². The predicted molar refractivity (Wildman–Crippen MR) is 92.6 cm³/mol. The van der Waals surface area contributed by atoms with E-state index in [0.29, 0.717) is 33.6 Å². The molecule has 2 aromatic carbocycles. The quantitative estimate of drug-likeness (QED) is 0.664. The Morgan fingerprint density at radius 3 is 2.43 bits per heavy atom. The third-order valence-corrected chi connectivity index (χ3v) is 4.80. The van der Waals surface area contributed by atoms with E-state index in [1.165, 1.54) is 0 Å². The predicted octanol–water partition coefficient (Wildman–Crippen LogP) is 5.98. The molecular weight excluding hydrogens is 396 g/mol. The minimum Gasteiger partial charge on any atom is -0.326 e. The van der Waals surface area contributed by atoms with Gasteiger partial charge in [-0.2, -0.15) is 0 Å². The normalized spacial score (nSPS) is 10.5. The number of carbonyl (C=O) groups is 1. The lowest BCUT2D eigenvalue weighted by Gasteiger charge is -2.07. The van der Waals surface area contributed by atoms with E-state index in [-0.39, 0.29) is 5.91 Å². The van der Waals surface area contributed by atoms with Gasteiger partial charge in [-0.25, -0.2) is 0 Å². The highest BCUT2D eigenvalue weighted by Gasteiger charge is 2.06. The van der Waals surface area contributed by atoms with E-state index < -0.39 is 0 Å². The Kier molecular flexibility index (Phi) is 5.94. The third kappa shape index (κ3) is 4.89. The molecule has 0 heterocycles. The molecule has 6 heteroatoms. The molecule has 1 amide bonds. The van der Waals surface area contributed by atoms with E-state index in [1.54, 1.807) is 30.3 Å². The molecule has 0 bridgehead atoms. The standard InChI is InChI=1S/C15H11BrCl3NO/c16-11-4-3-10(8-13(11)18)20-15(21)6-2-9-1-5-12(17)14(19)7-9/h1,3-5,7-8H,2,6H2,(H,20,21). The zero-order valence-electron chi connectivity index (χ0n) is 10.8. The van der Waals surface area contributed by atoms with Crippen LogP contribution in [0.5, 0.6) is 0 Å². The number of halogens is 4. The summed E-state index contributed by atoms with van der Waals surface area (Å²) in [4.78, 5) is 11.9. The molecule has 0 saturated carbocycles. The van der Waals surface area contributed by atoms with Crippen LogP contribution in [0.3, 0.4) is 0 Å². The lowest BCUT2D eigenvalue weighted by molar-refractivity contribution is -0.116. The molecular formula is C15H11BrCl3NO. The summed E-state index contributed by atoms with van der Waals surface area (Å²) < 4.78 is 0.790. The fourth-order valence-corrected chi connectivity index (χ4v) is 2.50. The van der Waals surface area contributed by atoms with Gasteiger partial charge in [0.15, 0.2) is 0 Å². The maximum absolute atomic E-state index is 11.9. The molecule has 0 aromatic heterocycles. The Morgan fingerprint density at radius 2 is 1.76 bits per heavy atom. The average molecular weight is 408 g/mol. The van der Waals surface area contributed by atoms with Crippen molar-refractivity contribution in [2.45, 2.75) is 12.8 Å². The van der Waals surface area contributed by atoms with Gasteiger partial charge in [0.2, 0.25) is 5.91 Å². The van der Waals surface area contributed by atoms with Crippen molar-refractivity contribution in [2.24, 2.45) is 0 Å². The van der Waals surface area contributed by atoms with Crippen LogP contribution < -0.4 is 5.32 Å². The second-order valence-corrected chi connectivity index (χ2v) is 6.50. The largest absolute Gasteiger partial charge is 0.326 e. The zero-order chi connectivity index (χ0) is 15.4. The molecule has 0 atom stereocenters. The summed E-state index contributed by atoms with van der Waals surface area (Å²) in [6.07, 6.45) is 0.943. The topological polar surface area (TPSA) is 29.1 Å². The van der Waals surface area contributed by atoms with Gasteiger partial charge < -0.3 is 5.32 Å². The molecule has 2 aromatic rings. The molecule has 0 saturated heterocycles. The second kappa shape index (κ2) is 7.50. The smallest absolute Gasteiger partial charge is 0.224 e. The summed E-state index contributed by atoms with van der Waals surface area (Å²) >= 11 is 21.1. The molecule has 2 nitrogen and oxygen atoms in total. The molecule has 21 heavy (non-hydrogen) atoms. The Morgan fingerprint density at radius 1 is 1.00 bits per heavy atom. The van der Waals surface area contributed by atoms with Gasteiger partial charge >= 0.3 is 0 Å². The highest BCUT2D eigenvalue weighted by Crippen LogP contribution is 2.26. The molecule has 1 N–H and O–H groups in total. The van der Waals surface area contributed by atoms with E-state index in [0.717, 1.165) is 10.0 Å². The van der Waals surface area contributed by atoms with Gasteiger partial charge in [-0.05, 0) is 58.2 Å². The van der Waals surface area contributed by atoms with Crippen LogP contribution in [0.25, 0.3) is 0 Å². The summed E-state index contributed by atoms with van der Waals surface area (Å²) in [6, 6.07) is 10.6. The molecule has 0 aliphatic rings. The summed E-state index contributed by atoms with van der Waals surface area (Å²) in [5, 5.41) is 4.36. The number of rotatable bonds is 4. The number of hydrogen-bond donors (Lipinski definition) is 1. The second-order valence-electron chi connectivity index (χ2n) is 4.43. The average Bonchev–Trinajstić information content (AvgIpc) is 2.44. The SMILES string of the molecule is O=C(CCc1ccc(Cl)c(Cl)c1)Nc1ccc(Br)c(Cl)c1. The van der Waals surface area contributed by atoms with Crippen molar-refractivity contribution in [3.05, 3.63) is 61.5 Å². The van der Waals surface area contributed by atoms with Crippen LogP contribution in [-0.2, 0) is 11.2 Å². The van der Waals surface area contributed by atoms with Gasteiger partial charge in [0.05, 0.1) is 15.1 Å². The van der Waals surface area contributed by atoms with Crippen LogP contribution in [-0.4, -0.2) is 5.91 Å². The fraction of sp³-hybridized carbons (Fsp3) is 0.133. The molecule has 0 aliphatic carbocycles. The third-order valence-electron chi connectivity index (χ3n) is 2.83. The minimum absolute atomic E-state index is 0.0838. The van der Waals surface area contributed by atoms with Crippen LogP contribution >= 0.6 is 50.7 Å². The van der Waals surface area contributed by atoms with Gasteiger partial charge in [0, 0.05) is 16.6 Å². The van der Waals surface area contributed by atoms with Crippen LogP contribution in [0.1, 0.15) is 12.0 Å². The first-order valence-electron chi connectivity index (χ1n) is 6.14. The van der Waals surface area contributed by atoms with Crippen molar-refractivity contribution in [1.82, 2.24) is 0 Å². The number of nitrogens with one attached hydrogen (secondary N) is 1. The summed E-state index contributed by atoms with van der Waals surface area (Å²) in [5.74, 6) is -0.0838. The monoisotopic (exact) mass is 405 g/mol. The number of amides is 1. The number of hydrogen-bond acceptors (Lipinski definition) is 1. The van der Waals surface area contributed by atoms with Gasteiger partial charge in [0.1, 0.15) is 0 Å². The fourth-order valence-electron chi connectivity index (χ4n) is 1.75. The van der Waals surface area contributed by atoms with E-state index in [4.69, 9.17) is 34.8 Å². The van der Waals surface area contributed by atoms with Crippen LogP contribution in [0.4, 0.5) is 5.69 Å². The Balaban J connectivity index is 1.92. The first-order chi connectivity index (χ1) is 9.95. The Labute approximate surface area is 146 Å². The molecule has 2 rings (SSSR count). The highest BCUT2D eigenvalue weighted by molar-refractivity contribution is 9.10. The molecule has 0 radical (unpaired) electrons. The number of aryl methyl sites for hydroxylation is 1. The minimum atomic E-state index is -0.0838. The summed E-state index contributed by atoms with van der Waals surface area (Å²) in [7, 11) is 0. The van der Waals surface area contributed by atoms with E-state index in [9.17, 15) is 4.79 Å². The van der Waals surface area contributed by atoms with Gasteiger partial charge in [0.25, 0.3) is 0 Å². The van der Waals surface area contributed by atoms with Gasteiger partial charge in [-0.1, -0.05) is 40.9 Å². The Bertz CT molecular complexity index is 676. The number of carbonyl (C=O) groups excluding carboxylic acids is 1. The van der Waals surface area contributed by atoms with Crippen LogP contribution in [0.2, 0.25) is 15.1 Å². The molecule has 0 unspecified atom stereocenters. The van der Waals surface area contributed by atoms with Crippen molar-refractivity contribution in [2.75, 3.05) is 5.32 Å². The van der Waals surface area contributed by atoms with E-state index in [1.807, 2.05) is 6.07 Å². The first-order valence-corrected chi connectivity index (χ1v) is 8.07.